The van der Waals surface area contributed by atoms with Crippen molar-refractivity contribution in [3.05, 3.63) is 76.0 Å². The summed E-state index contributed by atoms with van der Waals surface area (Å²) in [6, 6.07) is 9.20. The lowest BCUT2D eigenvalue weighted by atomic mass is 9.63. The van der Waals surface area contributed by atoms with E-state index in [9.17, 15) is 13.2 Å². The number of rotatable bonds is 8. The minimum atomic E-state index is -4.13. The molecule has 16 heteroatoms. The first-order chi connectivity index (χ1) is 28.0. The molecule has 2 unspecified atom stereocenters. The Balaban J connectivity index is 1.22. The third-order valence-electron chi connectivity index (χ3n) is 12.6. The van der Waals surface area contributed by atoms with Crippen LogP contribution in [0.25, 0.3) is 0 Å². The number of halogens is 1. The Morgan fingerprint density at radius 3 is 2.55 bits per heavy atom. The molecule has 4 aliphatic rings. The van der Waals surface area contributed by atoms with Crippen molar-refractivity contribution in [2.24, 2.45) is 17.8 Å². The van der Waals surface area contributed by atoms with Crippen LogP contribution in [-0.2, 0) is 39.1 Å². The van der Waals surface area contributed by atoms with Gasteiger partial charge in [0.1, 0.15) is 17.9 Å². The SMILES string of the molecule is COCCC1[C@@H](C)C/C=C/[C@](CN2CCN(Cc3noc(C)n3)CC2)(OC)C2CC[C@H]2CN2CCCCc3cc(Cl)ccc3COc3ccc(nc32)C(=O)NS1(=O)=O. The van der Waals surface area contributed by atoms with Gasteiger partial charge in [0.25, 0.3) is 5.91 Å². The second-order valence-electron chi connectivity index (χ2n) is 16.4. The fraction of sp³-hybridized carbons (Fsp3) is 0.619. The van der Waals surface area contributed by atoms with Crippen LogP contribution in [0.4, 0.5) is 5.82 Å². The van der Waals surface area contributed by atoms with E-state index in [-0.39, 0.29) is 36.5 Å². The van der Waals surface area contributed by atoms with Crippen LogP contribution < -0.4 is 14.4 Å². The number of piperazine rings is 1. The van der Waals surface area contributed by atoms with Gasteiger partial charge in [0.05, 0.1) is 11.8 Å². The minimum absolute atomic E-state index is 0.0214. The number of nitrogens with one attached hydrogen (secondary N) is 1. The molecule has 1 saturated carbocycles. The molecule has 316 valence electrons. The lowest BCUT2D eigenvalue weighted by Gasteiger charge is -2.51. The van der Waals surface area contributed by atoms with Crippen molar-refractivity contribution in [2.45, 2.75) is 82.8 Å². The number of methoxy groups -OCH3 is 2. The van der Waals surface area contributed by atoms with Crippen LogP contribution in [0.1, 0.15) is 78.8 Å². The molecule has 5 atom stereocenters. The fourth-order valence-electron chi connectivity index (χ4n) is 9.15. The molecule has 7 rings (SSSR count). The van der Waals surface area contributed by atoms with Crippen molar-refractivity contribution in [1.29, 1.82) is 0 Å². The predicted octanol–water partition coefficient (Wildman–Crippen LogP) is 5.44. The molecule has 58 heavy (non-hydrogen) atoms. The largest absolute Gasteiger partial charge is 0.485 e. The number of fused-ring (bicyclic) bond motifs is 3. The Morgan fingerprint density at radius 2 is 1.83 bits per heavy atom. The number of pyridine rings is 1. The number of carbonyl (C=O) groups is 1. The van der Waals surface area contributed by atoms with E-state index in [1.807, 2.05) is 32.2 Å². The first-order valence-electron chi connectivity index (χ1n) is 20.6. The number of hydrogen-bond acceptors (Lipinski definition) is 13. The van der Waals surface area contributed by atoms with Crippen LogP contribution in [0, 0.1) is 24.7 Å². The zero-order chi connectivity index (χ0) is 40.9. The van der Waals surface area contributed by atoms with Gasteiger partial charge in [0.15, 0.2) is 17.4 Å². The van der Waals surface area contributed by atoms with E-state index in [1.54, 1.807) is 26.2 Å². The molecular weight excluding hydrogens is 782 g/mol. The third kappa shape index (κ3) is 9.88. The van der Waals surface area contributed by atoms with Gasteiger partial charge in [-0.1, -0.05) is 41.9 Å². The molecule has 1 saturated heterocycles. The third-order valence-corrected chi connectivity index (χ3v) is 14.8. The summed E-state index contributed by atoms with van der Waals surface area (Å²) in [5.74, 6) is 1.71. The Labute approximate surface area is 347 Å². The molecule has 0 radical (unpaired) electrons. The molecule has 2 fully saturated rings. The maximum absolute atomic E-state index is 14.0. The van der Waals surface area contributed by atoms with Gasteiger partial charge in [0, 0.05) is 78.6 Å². The molecule has 2 aromatic heterocycles. The summed E-state index contributed by atoms with van der Waals surface area (Å²) in [5, 5.41) is 3.91. The number of nitrogens with zero attached hydrogens (tertiary/aromatic N) is 6. The number of ether oxygens (including phenoxy) is 3. The zero-order valence-corrected chi connectivity index (χ0v) is 35.8. The van der Waals surface area contributed by atoms with Crippen LogP contribution in [0.5, 0.6) is 5.75 Å². The van der Waals surface area contributed by atoms with Crippen molar-refractivity contribution < 1.29 is 31.9 Å². The lowest BCUT2D eigenvalue weighted by Crippen LogP contribution is -2.58. The second-order valence-corrected chi connectivity index (χ2v) is 18.8. The maximum atomic E-state index is 14.0. The number of sulfonamides is 1. The summed E-state index contributed by atoms with van der Waals surface area (Å²) in [5.41, 5.74) is 1.60. The summed E-state index contributed by atoms with van der Waals surface area (Å²) in [6.07, 6.45) is 9.70. The van der Waals surface area contributed by atoms with Gasteiger partial charge in [-0.05, 0) is 98.1 Å². The van der Waals surface area contributed by atoms with E-state index in [0.717, 1.165) is 69.4 Å². The molecule has 2 bridgehead atoms. The van der Waals surface area contributed by atoms with Gasteiger partial charge >= 0.3 is 0 Å². The summed E-state index contributed by atoms with van der Waals surface area (Å²) in [4.78, 5) is 30.2. The van der Waals surface area contributed by atoms with Crippen LogP contribution in [0.2, 0.25) is 5.02 Å². The van der Waals surface area contributed by atoms with E-state index in [1.165, 1.54) is 0 Å². The number of carbonyl (C=O) groups excluding carboxylic acids is 1. The predicted molar refractivity (Wildman–Crippen MR) is 221 cm³/mol. The molecule has 1 N–H and O–H groups in total. The zero-order valence-electron chi connectivity index (χ0n) is 34.2. The normalized spacial score (nSPS) is 27.9. The van der Waals surface area contributed by atoms with E-state index in [2.05, 4.69) is 41.7 Å². The van der Waals surface area contributed by atoms with Crippen molar-refractivity contribution in [3.8, 4) is 5.75 Å². The number of aromatic nitrogens is 3. The molecular formula is C42H58ClN7O7S. The quantitative estimate of drug-likeness (QED) is 0.287. The van der Waals surface area contributed by atoms with E-state index in [4.69, 9.17) is 35.3 Å². The Morgan fingerprint density at radius 1 is 1.02 bits per heavy atom. The van der Waals surface area contributed by atoms with Gasteiger partial charge in [-0.15, -0.1) is 0 Å². The molecule has 3 aliphatic heterocycles. The highest BCUT2D eigenvalue weighted by Crippen LogP contribution is 2.46. The number of aryl methyl sites for hydroxylation is 2. The van der Waals surface area contributed by atoms with Crippen LogP contribution in [0.3, 0.4) is 0 Å². The van der Waals surface area contributed by atoms with E-state index < -0.39 is 26.8 Å². The van der Waals surface area contributed by atoms with Crippen molar-refractivity contribution >= 4 is 33.3 Å². The van der Waals surface area contributed by atoms with Crippen LogP contribution in [0.15, 0.2) is 47.0 Å². The average molecular weight is 840 g/mol. The highest BCUT2D eigenvalue weighted by atomic mass is 35.5. The minimum Gasteiger partial charge on any atom is -0.485 e. The van der Waals surface area contributed by atoms with Crippen LogP contribution in [-0.4, -0.2) is 117 Å². The monoisotopic (exact) mass is 839 g/mol. The molecule has 14 nitrogen and oxygen atoms in total. The van der Waals surface area contributed by atoms with Gasteiger partial charge in [-0.3, -0.25) is 14.6 Å². The van der Waals surface area contributed by atoms with Crippen molar-refractivity contribution in [3.63, 3.8) is 0 Å². The Bertz CT molecular complexity index is 2020. The summed E-state index contributed by atoms with van der Waals surface area (Å²) in [7, 11) is -0.768. The number of benzene rings is 1. The number of allylic oxidation sites excluding steroid dienone is 1. The standard InChI is InChI=1S/C42H58ClN7O7S/c1-29-8-7-17-42(55-4,28-49-21-19-48(20-22-49)26-39-44-30(2)57-46-39)35-13-11-32(35)25-50-18-6-5-9-31-24-34(43)12-10-33(31)27-56-37-15-14-36(45-40(37)50)41(51)47-58(52,53)38(29)16-23-54-3/h7,10,12,14-15,17,24,29,32,35,38H,5-6,8-9,11,13,16,18-23,25-28H2,1-4H3,(H,47,51)/b17-7+/t29-,32-,35?,38?,42+/m0/s1. The van der Waals surface area contributed by atoms with E-state index >= 15 is 0 Å². The van der Waals surface area contributed by atoms with Crippen molar-refractivity contribution in [1.82, 2.24) is 29.6 Å². The smallest absolute Gasteiger partial charge is 0.283 e. The summed E-state index contributed by atoms with van der Waals surface area (Å²) in [6.45, 7) is 10.4. The molecule has 1 aliphatic carbocycles. The topological polar surface area (TPSA) is 152 Å². The number of anilines is 1. The summed E-state index contributed by atoms with van der Waals surface area (Å²) < 4.78 is 54.2. The summed E-state index contributed by atoms with van der Waals surface area (Å²) >= 11 is 6.42. The van der Waals surface area contributed by atoms with E-state index in [0.29, 0.717) is 67.5 Å². The molecule has 0 spiro atoms. The highest BCUT2D eigenvalue weighted by molar-refractivity contribution is 7.90. The fourth-order valence-corrected chi connectivity index (χ4v) is 11.0. The van der Waals surface area contributed by atoms with Gasteiger partial charge in [-0.2, -0.15) is 4.98 Å². The van der Waals surface area contributed by atoms with Gasteiger partial charge < -0.3 is 23.6 Å². The Kier molecular flexibility index (Phi) is 13.8. The van der Waals surface area contributed by atoms with Gasteiger partial charge in [0.2, 0.25) is 15.9 Å². The first-order valence-corrected chi connectivity index (χ1v) is 22.6. The number of hydrogen-bond donors (Lipinski definition) is 1. The Hall–Kier alpha value is -3.60. The molecule has 1 amide bonds. The number of amides is 1. The molecule has 5 heterocycles. The first kappa shape index (κ1) is 42.5. The van der Waals surface area contributed by atoms with Crippen LogP contribution >= 0.6 is 11.6 Å². The molecule has 3 aromatic rings. The average Bonchev–Trinajstić information content (AvgIpc) is 3.59. The lowest BCUT2D eigenvalue weighted by molar-refractivity contribution is -0.0956. The highest BCUT2D eigenvalue weighted by Gasteiger charge is 2.48. The maximum Gasteiger partial charge on any atom is 0.283 e. The van der Waals surface area contributed by atoms with Crippen molar-refractivity contribution in [2.75, 3.05) is 71.5 Å². The van der Waals surface area contributed by atoms with Gasteiger partial charge in [-0.25, -0.2) is 18.1 Å². The second kappa shape index (κ2) is 18.8. The molecule has 1 aromatic carbocycles.